The third-order valence-corrected chi connectivity index (χ3v) is 2.19. The standard InChI is InChI=1S/C10H8N4/c1-2-4-8(5-3-1)10-9-6-7-11-14(9)13-12-10/h1-7,11H. The van der Waals surface area contributed by atoms with Gasteiger partial charge in [-0.05, 0) is 11.3 Å². The molecule has 3 rings (SSSR count). The van der Waals surface area contributed by atoms with Crippen LogP contribution in [0.4, 0.5) is 0 Å². The minimum absolute atomic E-state index is 0.909. The summed E-state index contributed by atoms with van der Waals surface area (Å²) < 4.78 is 1.66. The molecule has 2 heterocycles. The molecule has 0 aliphatic carbocycles. The van der Waals surface area contributed by atoms with Gasteiger partial charge in [-0.25, -0.2) is 0 Å². The van der Waals surface area contributed by atoms with E-state index in [2.05, 4.69) is 15.4 Å². The first kappa shape index (κ1) is 7.32. The topological polar surface area (TPSA) is 46.0 Å². The average Bonchev–Trinajstić information content (AvgIpc) is 2.79. The molecule has 0 atom stereocenters. The van der Waals surface area contributed by atoms with Crippen molar-refractivity contribution in [2.45, 2.75) is 0 Å². The summed E-state index contributed by atoms with van der Waals surface area (Å²) in [4.78, 5) is 0. The third kappa shape index (κ3) is 0.939. The van der Waals surface area contributed by atoms with Gasteiger partial charge in [-0.15, -0.1) is 5.10 Å². The first-order valence-corrected chi connectivity index (χ1v) is 4.39. The summed E-state index contributed by atoms with van der Waals surface area (Å²) in [5, 5.41) is 11.0. The molecule has 0 aliphatic rings. The number of rotatable bonds is 1. The molecule has 14 heavy (non-hydrogen) atoms. The van der Waals surface area contributed by atoms with Gasteiger partial charge in [0.2, 0.25) is 0 Å². The SMILES string of the molecule is c1ccc(-c2nnn3[nH]ccc23)cc1. The van der Waals surface area contributed by atoms with Crippen molar-refractivity contribution in [2.24, 2.45) is 0 Å². The van der Waals surface area contributed by atoms with Gasteiger partial charge in [0.05, 0.1) is 0 Å². The van der Waals surface area contributed by atoms with Gasteiger partial charge in [-0.1, -0.05) is 30.3 Å². The van der Waals surface area contributed by atoms with E-state index in [4.69, 9.17) is 0 Å². The van der Waals surface area contributed by atoms with E-state index in [1.165, 1.54) is 0 Å². The lowest BCUT2D eigenvalue weighted by atomic mass is 10.1. The van der Waals surface area contributed by atoms with Crippen LogP contribution in [0.3, 0.4) is 0 Å². The second-order valence-electron chi connectivity index (χ2n) is 3.06. The van der Waals surface area contributed by atoms with Crippen LogP contribution in [0.2, 0.25) is 0 Å². The maximum atomic E-state index is 4.11. The van der Waals surface area contributed by atoms with Gasteiger partial charge in [0.15, 0.2) is 0 Å². The Morgan fingerprint density at radius 2 is 1.93 bits per heavy atom. The number of nitrogens with zero attached hydrogens (tertiary/aromatic N) is 3. The van der Waals surface area contributed by atoms with E-state index in [0.717, 1.165) is 16.8 Å². The van der Waals surface area contributed by atoms with E-state index in [1.807, 2.05) is 42.6 Å². The van der Waals surface area contributed by atoms with Crippen LogP contribution in [0.5, 0.6) is 0 Å². The highest BCUT2D eigenvalue weighted by Crippen LogP contribution is 2.20. The van der Waals surface area contributed by atoms with Crippen LogP contribution in [-0.4, -0.2) is 20.0 Å². The van der Waals surface area contributed by atoms with E-state index in [-0.39, 0.29) is 0 Å². The van der Waals surface area contributed by atoms with Gasteiger partial charge >= 0.3 is 0 Å². The lowest BCUT2D eigenvalue weighted by molar-refractivity contribution is 0.758. The Balaban J connectivity index is 2.28. The fraction of sp³-hybridized carbons (Fsp3) is 0. The molecule has 2 aromatic heterocycles. The minimum Gasteiger partial charge on any atom is -0.284 e. The maximum Gasteiger partial charge on any atom is 0.122 e. The molecule has 0 aliphatic heterocycles. The second kappa shape index (κ2) is 2.70. The molecule has 0 radical (unpaired) electrons. The fourth-order valence-corrected chi connectivity index (χ4v) is 1.52. The number of hydrogen-bond donors (Lipinski definition) is 1. The quantitative estimate of drug-likeness (QED) is 0.626. The maximum absolute atomic E-state index is 4.11. The van der Waals surface area contributed by atoms with Crippen LogP contribution in [0.15, 0.2) is 42.6 Å². The van der Waals surface area contributed by atoms with E-state index >= 15 is 0 Å². The second-order valence-corrected chi connectivity index (χ2v) is 3.06. The molecule has 3 aromatic rings. The van der Waals surface area contributed by atoms with E-state index < -0.39 is 0 Å². The van der Waals surface area contributed by atoms with Crippen molar-refractivity contribution >= 4 is 5.52 Å². The number of benzene rings is 1. The normalized spacial score (nSPS) is 10.9. The van der Waals surface area contributed by atoms with Gasteiger partial charge < -0.3 is 0 Å². The molecule has 0 fully saturated rings. The van der Waals surface area contributed by atoms with E-state index in [9.17, 15) is 0 Å². The van der Waals surface area contributed by atoms with Crippen LogP contribution in [0.1, 0.15) is 0 Å². The Labute approximate surface area is 80.2 Å². The Hall–Kier alpha value is -2.10. The van der Waals surface area contributed by atoms with Crippen LogP contribution < -0.4 is 0 Å². The Bertz CT molecular complexity index is 550. The molecule has 1 aromatic carbocycles. The van der Waals surface area contributed by atoms with Gasteiger partial charge in [0, 0.05) is 11.8 Å². The molecule has 0 amide bonds. The molecular weight excluding hydrogens is 176 g/mol. The van der Waals surface area contributed by atoms with E-state index in [1.54, 1.807) is 4.63 Å². The highest BCUT2D eigenvalue weighted by Gasteiger charge is 2.07. The first-order chi connectivity index (χ1) is 6.95. The summed E-state index contributed by atoms with van der Waals surface area (Å²) in [6.07, 6.45) is 1.84. The predicted molar refractivity (Wildman–Crippen MR) is 52.8 cm³/mol. The first-order valence-electron chi connectivity index (χ1n) is 4.39. The summed E-state index contributed by atoms with van der Waals surface area (Å²) >= 11 is 0. The highest BCUT2D eigenvalue weighted by molar-refractivity contribution is 5.75. The van der Waals surface area contributed by atoms with Crippen LogP contribution >= 0.6 is 0 Å². The van der Waals surface area contributed by atoms with Gasteiger partial charge in [0.1, 0.15) is 11.2 Å². The van der Waals surface area contributed by atoms with Gasteiger partial charge in [-0.3, -0.25) is 5.10 Å². The zero-order valence-electron chi connectivity index (χ0n) is 7.38. The lowest BCUT2D eigenvalue weighted by Gasteiger charge is -1.92. The number of fused-ring (bicyclic) bond motifs is 1. The third-order valence-electron chi connectivity index (χ3n) is 2.19. The number of hydrogen-bond acceptors (Lipinski definition) is 2. The van der Waals surface area contributed by atoms with Crippen molar-refractivity contribution < 1.29 is 0 Å². The monoisotopic (exact) mass is 184 g/mol. The molecular formula is C10H8N4. The smallest absolute Gasteiger partial charge is 0.122 e. The van der Waals surface area contributed by atoms with Crippen LogP contribution in [0.25, 0.3) is 16.8 Å². The Morgan fingerprint density at radius 1 is 1.07 bits per heavy atom. The predicted octanol–water partition coefficient (Wildman–Crippen LogP) is 1.72. The minimum atomic E-state index is 0.909. The van der Waals surface area contributed by atoms with Crippen molar-refractivity contribution in [1.29, 1.82) is 0 Å². The molecule has 68 valence electrons. The number of H-pyrrole nitrogens is 1. The summed E-state index contributed by atoms with van der Waals surface area (Å²) in [6.45, 7) is 0. The molecule has 4 nitrogen and oxygen atoms in total. The molecule has 1 N–H and O–H groups in total. The van der Waals surface area contributed by atoms with Gasteiger partial charge in [-0.2, -0.15) is 4.63 Å². The highest BCUT2D eigenvalue weighted by atomic mass is 15.5. The van der Waals surface area contributed by atoms with Crippen molar-refractivity contribution in [3.8, 4) is 11.3 Å². The number of nitrogens with one attached hydrogen (secondary N) is 1. The van der Waals surface area contributed by atoms with Crippen molar-refractivity contribution in [3.63, 3.8) is 0 Å². The van der Waals surface area contributed by atoms with Crippen molar-refractivity contribution in [1.82, 2.24) is 20.0 Å². The Kier molecular flexibility index (Phi) is 1.41. The van der Waals surface area contributed by atoms with E-state index in [0.29, 0.717) is 0 Å². The summed E-state index contributed by atoms with van der Waals surface area (Å²) in [5.74, 6) is 0. The summed E-state index contributed by atoms with van der Waals surface area (Å²) in [5.41, 5.74) is 2.99. The largest absolute Gasteiger partial charge is 0.284 e. The zero-order valence-corrected chi connectivity index (χ0v) is 7.38. The average molecular weight is 184 g/mol. The molecule has 4 heteroatoms. The molecule has 0 spiro atoms. The molecule has 0 saturated carbocycles. The molecule has 0 unspecified atom stereocenters. The lowest BCUT2D eigenvalue weighted by Crippen LogP contribution is -1.83. The van der Waals surface area contributed by atoms with Crippen molar-refractivity contribution in [2.75, 3.05) is 0 Å². The fourth-order valence-electron chi connectivity index (χ4n) is 1.52. The van der Waals surface area contributed by atoms with Crippen LogP contribution in [0, 0.1) is 0 Å². The summed E-state index contributed by atoms with van der Waals surface area (Å²) in [7, 11) is 0. The molecule has 0 bridgehead atoms. The number of aromatic nitrogens is 4. The van der Waals surface area contributed by atoms with Gasteiger partial charge in [0.25, 0.3) is 0 Å². The molecule has 0 saturated heterocycles. The van der Waals surface area contributed by atoms with Crippen molar-refractivity contribution in [3.05, 3.63) is 42.6 Å². The zero-order chi connectivity index (χ0) is 9.38. The Morgan fingerprint density at radius 3 is 2.79 bits per heavy atom. The van der Waals surface area contributed by atoms with Crippen LogP contribution in [-0.2, 0) is 0 Å². The summed E-state index contributed by atoms with van der Waals surface area (Å²) in [6, 6.07) is 12.0. The number of aromatic amines is 1.